The number of carboxylic acids is 1. The van der Waals surface area contributed by atoms with Crippen LogP contribution in [0.2, 0.25) is 5.02 Å². The Kier molecular flexibility index (Phi) is 6.49. The summed E-state index contributed by atoms with van der Waals surface area (Å²) in [4.78, 5) is 23.3. The van der Waals surface area contributed by atoms with Gasteiger partial charge in [-0.2, -0.15) is 0 Å². The Balaban J connectivity index is 2.76. The molecule has 1 amide bonds. The number of hydrogen-bond donors (Lipinski definition) is 2. The van der Waals surface area contributed by atoms with Crippen LogP contribution in [0.5, 0.6) is 5.75 Å². The lowest BCUT2D eigenvalue weighted by Crippen LogP contribution is -2.33. The van der Waals surface area contributed by atoms with Crippen molar-refractivity contribution in [3.8, 4) is 5.75 Å². The van der Waals surface area contributed by atoms with Gasteiger partial charge in [-0.3, -0.25) is 9.59 Å². The zero-order chi connectivity index (χ0) is 16.0. The molecule has 0 aliphatic carbocycles. The first-order chi connectivity index (χ1) is 9.85. The summed E-state index contributed by atoms with van der Waals surface area (Å²) in [6.45, 7) is 3.96. The SMILES string of the molecule is COc1ccc(Cl)cc1C(=O)NCC(CC(C)C)C(=O)O. The summed E-state index contributed by atoms with van der Waals surface area (Å²) in [5.41, 5.74) is 0.290. The minimum atomic E-state index is -0.915. The molecule has 0 heterocycles. The van der Waals surface area contributed by atoms with E-state index in [-0.39, 0.29) is 12.5 Å². The van der Waals surface area contributed by atoms with E-state index in [4.69, 9.17) is 21.4 Å². The quantitative estimate of drug-likeness (QED) is 0.811. The molecule has 0 spiro atoms. The van der Waals surface area contributed by atoms with Gasteiger partial charge in [-0.05, 0) is 30.5 Å². The molecule has 0 radical (unpaired) electrons. The van der Waals surface area contributed by atoms with Crippen molar-refractivity contribution in [2.75, 3.05) is 13.7 Å². The Hall–Kier alpha value is -1.75. The lowest BCUT2D eigenvalue weighted by Gasteiger charge is -2.16. The van der Waals surface area contributed by atoms with Gasteiger partial charge in [-0.15, -0.1) is 0 Å². The summed E-state index contributed by atoms with van der Waals surface area (Å²) in [6.07, 6.45) is 0.502. The van der Waals surface area contributed by atoms with Crippen LogP contribution in [0.3, 0.4) is 0 Å². The van der Waals surface area contributed by atoms with Crippen LogP contribution in [0.25, 0.3) is 0 Å². The molecule has 5 nitrogen and oxygen atoms in total. The highest BCUT2D eigenvalue weighted by Gasteiger charge is 2.21. The number of halogens is 1. The van der Waals surface area contributed by atoms with E-state index in [9.17, 15) is 9.59 Å². The van der Waals surface area contributed by atoms with Crippen molar-refractivity contribution in [2.24, 2.45) is 11.8 Å². The highest BCUT2D eigenvalue weighted by Crippen LogP contribution is 2.22. The Morgan fingerprint density at radius 1 is 1.38 bits per heavy atom. The normalized spacial score (nSPS) is 12.0. The third-order valence-corrected chi connectivity index (χ3v) is 3.26. The molecule has 21 heavy (non-hydrogen) atoms. The molecule has 0 fully saturated rings. The van der Waals surface area contributed by atoms with Crippen molar-refractivity contribution in [3.63, 3.8) is 0 Å². The van der Waals surface area contributed by atoms with Crippen molar-refractivity contribution < 1.29 is 19.4 Å². The fraction of sp³-hybridized carbons (Fsp3) is 0.467. The standard InChI is InChI=1S/C15H20ClNO4/c1-9(2)6-10(15(19)20)8-17-14(18)12-7-11(16)4-5-13(12)21-3/h4-5,7,9-10H,6,8H2,1-3H3,(H,17,18)(H,19,20). The monoisotopic (exact) mass is 313 g/mol. The molecule has 0 aliphatic heterocycles. The maximum absolute atomic E-state index is 12.1. The van der Waals surface area contributed by atoms with Crippen molar-refractivity contribution in [1.29, 1.82) is 0 Å². The van der Waals surface area contributed by atoms with Crippen LogP contribution in [0.1, 0.15) is 30.6 Å². The molecule has 116 valence electrons. The van der Waals surface area contributed by atoms with Crippen LogP contribution in [0.15, 0.2) is 18.2 Å². The molecule has 1 rings (SSSR count). The summed E-state index contributed by atoms with van der Waals surface area (Å²) in [7, 11) is 1.46. The lowest BCUT2D eigenvalue weighted by atomic mass is 9.97. The zero-order valence-electron chi connectivity index (χ0n) is 12.4. The molecule has 1 atom stereocenters. The molecular weight excluding hydrogens is 294 g/mol. The number of nitrogens with one attached hydrogen (secondary N) is 1. The number of carbonyl (C=O) groups excluding carboxylic acids is 1. The third-order valence-electron chi connectivity index (χ3n) is 3.02. The maximum atomic E-state index is 12.1. The molecule has 0 aromatic heterocycles. The van der Waals surface area contributed by atoms with E-state index >= 15 is 0 Å². The third kappa shape index (κ3) is 5.27. The molecule has 1 aromatic rings. The van der Waals surface area contributed by atoms with Crippen molar-refractivity contribution >= 4 is 23.5 Å². The molecule has 2 N–H and O–H groups in total. The summed E-state index contributed by atoms with van der Waals surface area (Å²) in [5.74, 6) is -1.29. The van der Waals surface area contributed by atoms with Gasteiger partial charge in [0.15, 0.2) is 0 Å². The number of aliphatic carboxylic acids is 1. The molecule has 1 aromatic carbocycles. The van der Waals surface area contributed by atoms with Gasteiger partial charge >= 0.3 is 5.97 Å². The Labute approximate surface area is 129 Å². The Morgan fingerprint density at radius 2 is 2.05 bits per heavy atom. The minimum absolute atomic E-state index is 0.0714. The molecule has 0 bridgehead atoms. The Morgan fingerprint density at radius 3 is 2.57 bits per heavy atom. The number of methoxy groups -OCH3 is 1. The topological polar surface area (TPSA) is 75.6 Å². The minimum Gasteiger partial charge on any atom is -0.496 e. The van der Waals surface area contributed by atoms with Gasteiger partial charge in [0.25, 0.3) is 5.91 Å². The first-order valence-electron chi connectivity index (χ1n) is 6.69. The van der Waals surface area contributed by atoms with Gasteiger partial charge in [-0.25, -0.2) is 0 Å². The van der Waals surface area contributed by atoms with Crippen LogP contribution in [0, 0.1) is 11.8 Å². The molecule has 6 heteroatoms. The summed E-state index contributed by atoms with van der Waals surface area (Å²) >= 11 is 5.87. The molecule has 0 aliphatic rings. The number of carboxylic acid groups (broad SMARTS) is 1. The van der Waals surface area contributed by atoms with Crippen LogP contribution >= 0.6 is 11.6 Å². The number of rotatable bonds is 7. The van der Waals surface area contributed by atoms with Crippen molar-refractivity contribution in [1.82, 2.24) is 5.32 Å². The maximum Gasteiger partial charge on any atom is 0.308 e. The summed E-state index contributed by atoms with van der Waals surface area (Å²) in [5, 5.41) is 12.2. The Bertz CT molecular complexity index is 516. The number of carbonyl (C=O) groups is 2. The second-order valence-corrected chi connectivity index (χ2v) is 5.66. The molecule has 0 saturated heterocycles. The van der Waals surface area contributed by atoms with E-state index < -0.39 is 17.8 Å². The first-order valence-corrected chi connectivity index (χ1v) is 7.07. The fourth-order valence-electron chi connectivity index (χ4n) is 2.01. The summed E-state index contributed by atoms with van der Waals surface area (Å²) < 4.78 is 5.10. The lowest BCUT2D eigenvalue weighted by molar-refractivity contribution is -0.142. The number of amides is 1. The molecule has 0 saturated carbocycles. The average Bonchev–Trinajstić information content (AvgIpc) is 2.42. The van der Waals surface area contributed by atoms with Gasteiger partial charge in [-0.1, -0.05) is 25.4 Å². The predicted octanol–water partition coefficient (Wildman–Crippen LogP) is 2.83. The van der Waals surface area contributed by atoms with Crippen molar-refractivity contribution in [2.45, 2.75) is 20.3 Å². The second-order valence-electron chi connectivity index (χ2n) is 5.22. The van der Waals surface area contributed by atoms with E-state index in [1.165, 1.54) is 13.2 Å². The predicted molar refractivity (Wildman–Crippen MR) is 80.9 cm³/mol. The van der Waals surface area contributed by atoms with Gasteiger partial charge in [0.05, 0.1) is 18.6 Å². The van der Waals surface area contributed by atoms with Crippen LogP contribution in [0.4, 0.5) is 0 Å². The smallest absolute Gasteiger partial charge is 0.308 e. The van der Waals surface area contributed by atoms with E-state index in [2.05, 4.69) is 5.32 Å². The van der Waals surface area contributed by atoms with E-state index in [1.54, 1.807) is 12.1 Å². The van der Waals surface area contributed by atoms with E-state index in [0.29, 0.717) is 22.8 Å². The van der Waals surface area contributed by atoms with E-state index in [0.717, 1.165) is 0 Å². The molecule has 1 unspecified atom stereocenters. The first kappa shape index (κ1) is 17.3. The van der Waals surface area contributed by atoms with Crippen LogP contribution < -0.4 is 10.1 Å². The largest absolute Gasteiger partial charge is 0.496 e. The second kappa shape index (κ2) is 7.88. The number of benzene rings is 1. The highest BCUT2D eigenvalue weighted by atomic mass is 35.5. The number of ether oxygens (including phenoxy) is 1. The zero-order valence-corrected chi connectivity index (χ0v) is 13.1. The van der Waals surface area contributed by atoms with Crippen LogP contribution in [-0.4, -0.2) is 30.6 Å². The fourth-order valence-corrected chi connectivity index (χ4v) is 2.18. The van der Waals surface area contributed by atoms with Gasteiger partial charge in [0, 0.05) is 11.6 Å². The van der Waals surface area contributed by atoms with Gasteiger partial charge in [0.1, 0.15) is 5.75 Å². The van der Waals surface area contributed by atoms with Crippen LogP contribution in [-0.2, 0) is 4.79 Å². The highest BCUT2D eigenvalue weighted by molar-refractivity contribution is 6.31. The average molecular weight is 314 g/mol. The number of hydrogen-bond acceptors (Lipinski definition) is 3. The summed E-state index contributed by atoms with van der Waals surface area (Å²) in [6, 6.07) is 4.71. The molecular formula is C15H20ClNO4. The van der Waals surface area contributed by atoms with Gasteiger partial charge < -0.3 is 15.2 Å². The van der Waals surface area contributed by atoms with E-state index in [1.807, 2.05) is 13.8 Å². The van der Waals surface area contributed by atoms with Gasteiger partial charge in [0.2, 0.25) is 0 Å². The van der Waals surface area contributed by atoms with Crippen molar-refractivity contribution in [3.05, 3.63) is 28.8 Å².